The molecule has 2 aliphatic rings. The van der Waals surface area contributed by atoms with E-state index in [0.29, 0.717) is 83.6 Å². The lowest BCUT2D eigenvalue weighted by atomic mass is 10.0. The summed E-state index contributed by atoms with van der Waals surface area (Å²) in [6, 6.07) is 9.47. The Morgan fingerprint density at radius 1 is 0.476 bits per heavy atom. The number of nitrogens with two attached hydrogens (primary N) is 4. The molecule has 25 nitrogen and oxygen atoms in total. The molecule has 1 unspecified atom stereocenters. The van der Waals surface area contributed by atoms with Gasteiger partial charge in [0.25, 0.3) is 0 Å². The number of carbonyl (C=O) groups excluding carboxylic acids is 11. The van der Waals surface area contributed by atoms with Crippen molar-refractivity contribution in [3.8, 4) is 0 Å². The van der Waals surface area contributed by atoms with E-state index >= 15 is 0 Å². The Kier molecular flexibility index (Phi) is 30.3. The van der Waals surface area contributed by atoms with E-state index in [2.05, 4.69) is 42.5 Å². The highest BCUT2D eigenvalue weighted by atomic mass is 16.2. The summed E-state index contributed by atoms with van der Waals surface area (Å²) in [5.41, 5.74) is 24.5. The van der Waals surface area contributed by atoms with E-state index in [-0.39, 0.29) is 70.0 Å². The Morgan fingerprint density at radius 2 is 0.857 bits per heavy atom. The number of hydrogen-bond acceptors (Lipinski definition) is 14. The highest BCUT2D eigenvalue weighted by molar-refractivity contribution is 5.97. The normalized spacial score (nSPS) is 17.2. The van der Waals surface area contributed by atoms with Crippen molar-refractivity contribution in [2.45, 2.75) is 190 Å². The predicted octanol–water partition coefficient (Wildman–Crippen LogP) is -0.934. The molecular formula is C59H92N14O11. The van der Waals surface area contributed by atoms with Crippen LogP contribution in [0, 0.1) is 0 Å². The van der Waals surface area contributed by atoms with Crippen LogP contribution < -0.4 is 65.5 Å². The minimum Gasteiger partial charge on any atom is -0.368 e. The van der Waals surface area contributed by atoms with Crippen molar-refractivity contribution in [3.63, 3.8) is 0 Å². The van der Waals surface area contributed by atoms with Gasteiger partial charge >= 0.3 is 0 Å². The number of likely N-dealkylation sites (tertiary alicyclic amines) is 2. The molecule has 4 rings (SSSR count). The van der Waals surface area contributed by atoms with Gasteiger partial charge in [0.15, 0.2) is 0 Å². The maximum absolute atomic E-state index is 14.2. The summed E-state index contributed by atoms with van der Waals surface area (Å²) in [6.45, 7) is 4.81. The van der Waals surface area contributed by atoms with Crippen LogP contribution in [0.3, 0.4) is 0 Å². The zero-order valence-corrected chi connectivity index (χ0v) is 49.1. The summed E-state index contributed by atoms with van der Waals surface area (Å²) in [4.78, 5) is 148. The number of hydrogen-bond donors (Lipinski definition) is 12. The van der Waals surface area contributed by atoms with E-state index in [1.807, 2.05) is 55.6 Å². The minimum atomic E-state index is -1.10. The monoisotopic (exact) mass is 1170 g/mol. The highest BCUT2D eigenvalue weighted by Gasteiger charge is 2.41. The van der Waals surface area contributed by atoms with Crippen LogP contribution in [0.5, 0.6) is 0 Å². The molecule has 0 radical (unpaired) electrons. The molecule has 84 heavy (non-hydrogen) atoms. The number of carbonyl (C=O) groups is 11. The second-order valence-electron chi connectivity index (χ2n) is 21.9. The van der Waals surface area contributed by atoms with Crippen LogP contribution in [-0.4, -0.2) is 169 Å². The SMILES string of the molecule is CNCCCC[C@H](NC(=O)[C@H](Cc1ccccc1)NC(=O)[C@@H]1CCCN1C(=O)[C@H](CCCCNC(=O)CCCCC(=O)NCCCC[C@H](NC(=O)[C@H](C)N)C(=O)N1CCCC1C(=O)N[C@@H](Cc1ccccc1)C(N)=O)NC(=O)[C@H](C)N)C(N)=O. The molecule has 2 saturated heterocycles. The van der Waals surface area contributed by atoms with E-state index in [1.54, 1.807) is 12.1 Å². The topological polar surface area (TPSA) is 395 Å². The number of unbranched alkanes of at least 4 members (excludes halogenated alkanes) is 4. The van der Waals surface area contributed by atoms with Gasteiger partial charge in [0.1, 0.15) is 42.3 Å². The minimum absolute atomic E-state index is 0.107. The average Bonchev–Trinajstić information content (AvgIpc) is 4.20. The fourth-order valence-corrected chi connectivity index (χ4v) is 10.2. The molecule has 25 heteroatoms. The molecule has 2 heterocycles. The number of nitrogens with one attached hydrogen (secondary N) is 8. The van der Waals surface area contributed by atoms with Crippen LogP contribution in [0.25, 0.3) is 0 Å². The lowest BCUT2D eigenvalue weighted by molar-refractivity contribution is -0.142. The molecule has 0 aliphatic carbocycles. The van der Waals surface area contributed by atoms with Gasteiger partial charge in [0.2, 0.25) is 65.0 Å². The second kappa shape index (κ2) is 36.9. The van der Waals surface area contributed by atoms with Crippen LogP contribution in [0.15, 0.2) is 60.7 Å². The molecule has 2 aromatic rings. The highest BCUT2D eigenvalue weighted by Crippen LogP contribution is 2.23. The van der Waals surface area contributed by atoms with Crippen molar-refractivity contribution >= 4 is 65.0 Å². The third-order valence-electron chi connectivity index (χ3n) is 15.0. The van der Waals surface area contributed by atoms with Crippen LogP contribution in [-0.2, 0) is 65.6 Å². The Labute approximate surface area is 493 Å². The first-order valence-corrected chi connectivity index (χ1v) is 29.7. The molecule has 16 N–H and O–H groups in total. The largest absolute Gasteiger partial charge is 0.368 e. The molecule has 2 aliphatic heterocycles. The molecule has 11 amide bonds. The summed E-state index contributed by atoms with van der Waals surface area (Å²) in [5.74, 6) is -5.51. The fourth-order valence-electron chi connectivity index (χ4n) is 10.2. The zero-order valence-electron chi connectivity index (χ0n) is 49.1. The van der Waals surface area contributed by atoms with E-state index in [4.69, 9.17) is 22.9 Å². The third kappa shape index (κ3) is 24.0. The molecule has 0 saturated carbocycles. The molecular weight excluding hydrogens is 1080 g/mol. The van der Waals surface area contributed by atoms with Crippen LogP contribution >= 0.6 is 0 Å². The Balaban J connectivity index is 1.19. The molecule has 0 aromatic heterocycles. The van der Waals surface area contributed by atoms with Gasteiger partial charge in [-0.05, 0) is 135 Å². The number of nitrogens with zero attached hydrogens (tertiary/aromatic N) is 2. The van der Waals surface area contributed by atoms with Crippen molar-refractivity contribution in [1.29, 1.82) is 0 Å². The van der Waals surface area contributed by atoms with Crippen LogP contribution in [0.4, 0.5) is 0 Å². The quantitative estimate of drug-likeness (QED) is 0.0362. The number of benzene rings is 2. The average molecular weight is 1170 g/mol. The van der Waals surface area contributed by atoms with Gasteiger partial charge in [0.05, 0.1) is 12.1 Å². The van der Waals surface area contributed by atoms with Crippen molar-refractivity contribution in [1.82, 2.24) is 52.3 Å². The Morgan fingerprint density at radius 3 is 1.26 bits per heavy atom. The first-order chi connectivity index (χ1) is 40.2. The molecule has 2 aromatic carbocycles. The van der Waals surface area contributed by atoms with Crippen molar-refractivity contribution in [2.75, 3.05) is 39.8 Å². The van der Waals surface area contributed by atoms with Gasteiger partial charge in [-0.3, -0.25) is 52.7 Å². The van der Waals surface area contributed by atoms with Gasteiger partial charge in [-0.1, -0.05) is 60.7 Å². The van der Waals surface area contributed by atoms with Crippen molar-refractivity contribution in [3.05, 3.63) is 71.8 Å². The van der Waals surface area contributed by atoms with Gasteiger partial charge in [-0.25, -0.2) is 0 Å². The van der Waals surface area contributed by atoms with E-state index in [9.17, 15) is 52.7 Å². The summed E-state index contributed by atoms with van der Waals surface area (Å²) in [7, 11) is 1.82. The van der Waals surface area contributed by atoms with Crippen LogP contribution in [0.2, 0.25) is 0 Å². The fraction of sp³-hybridized carbons (Fsp3) is 0.610. The Bertz CT molecular complexity index is 2490. The summed E-state index contributed by atoms with van der Waals surface area (Å²) in [5, 5.41) is 22.5. The van der Waals surface area contributed by atoms with Gasteiger partial charge in [0, 0.05) is 51.9 Å². The van der Waals surface area contributed by atoms with Crippen LogP contribution in [0.1, 0.15) is 134 Å². The lowest BCUT2D eigenvalue weighted by Gasteiger charge is -2.30. The second-order valence-corrected chi connectivity index (χ2v) is 21.9. The molecule has 0 spiro atoms. The van der Waals surface area contributed by atoms with Crippen molar-refractivity contribution < 1.29 is 52.7 Å². The first kappa shape index (κ1) is 69.0. The van der Waals surface area contributed by atoms with Crippen molar-refractivity contribution in [2.24, 2.45) is 22.9 Å². The number of rotatable bonds is 38. The first-order valence-electron chi connectivity index (χ1n) is 29.7. The molecule has 464 valence electrons. The van der Waals surface area contributed by atoms with E-state index in [1.165, 1.54) is 23.6 Å². The predicted molar refractivity (Wildman–Crippen MR) is 315 cm³/mol. The maximum atomic E-state index is 14.2. The van der Waals surface area contributed by atoms with Gasteiger partial charge in [-0.2, -0.15) is 0 Å². The number of amides is 11. The summed E-state index contributed by atoms with van der Waals surface area (Å²) >= 11 is 0. The standard InChI is InChI=1S/C59H92N14O11/c1-38(60)53(78)68-43(58(83)72-34-18-27-47(72)56(81)70-45(52(63)77)36-40-20-6-4-7-21-40)25-13-16-32-65-49(74)29-10-11-30-50(75)66-33-17-14-26-44(69-54(79)39(2)61)59(84)73-35-19-28-48(73)57(82)71-46(37-41-22-8-5-9-23-41)55(80)67-42(51(62)76)24-12-15-31-64-3/h4-9,20-23,38-39,42-48,64H,10-19,24-37,60-61H2,1-3H3,(H2,62,76)(H2,63,77)(H,65,74)(H,66,75)(H,67,80)(H,68,78)(H,69,79)(H,70,81)(H,71,82)/t38-,39-,42-,43-,44-,45-,46-,47?,48-/m0/s1. The maximum Gasteiger partial charge on any atom is 0.245 e. The Hall–Kier alpha value is -7.51. The lowest BCUT2D eigenvalue weighted by Crippen LogP contribution is -2.58. The van der Waals surface area contributed by atoms with E-state index < -0.39 is 108 Å². The summed E-state index contributed by atoms with van der Waals surface area (Å²) < 4.78 is 0. The zero-order chi connectivity index (χ0) is 61.6. The van der Waals surface area contributed by atoms with Gasteiger partial charge in [-0.15, -0.1) is 0 Å². The molecule has 9 atom stereocenters. The molecule has 2 fully saturated rings. The third-order valence-corrected chi connectivity index (χ3v) is 15.0. The smallest absolute Gasteiger partial charge is 0.245 e. The molecule has 0 bridgehead atoms. The van der Waals surface area contributed by atoms with E-state index in [0.717, 1.165) is 24.1 Å². The number of primary amides is 2. The summed E-state index contributed by atoms with van der Waals surface area (Å²) in [6.07, 6.45) is 7.17. The van der Waals surface area contributed by atoms with Gasteiger partial charge < -0.3 is 75.3 Å².